The third-order valence-corrected chi connectivity index (χ3v) is 4.89. The van der Waals surface area contributed by atoms with Crippen LogP contribution in [0.25, 0.3) is 0 Å². The Bertz CT molecular complexity index is 736. The monoisotopic (exact) mass is 322 g/mol. The molecule has 0 unspecified atom stereocenters. The highest BCUT2D eigenvalue weighted by Crippen LogP contribution is 2.52. The number of carbonyl (C=O) groups excluding carboxylic acids is 2. The van der Waals surface area contributed by atoms with Crippen molar-refractivity contribution in [1.82, 2.24) is 0 Å². The Balaban J connectivity index is 1.74. The standard InChI is InChI=1S/C15H11ClFNO4/c16-8-2-1-7(5-9(8)17)18-6-15-4-3-10(22-15)11(14(20)21)12(15)13(18)19/h1-5,10-12H,6H2,(H,20,21)/p-1/t10-,11+,12-,15-/m1/s1. The third kappa shape index (κ3) is 1.62. The molecule has 0 aliphatic carbocycles. The maximum absolute atomic E-state index is 13.6. The van der Waals surface area contributed by atoms with Crippen molar-refractivity contribution in [2.45, 2.75) is 11.7 Å². The van der Waals surface area contributed by atoms with Gasteiger partial charge in [-0.1, -0.05) is 23.8 Å². The fraction of sp³-hybridized carbons (Fsp3) is 0.333. The first-order valence-electron chi connectivity index (χ1n) is 6.77. The lowest BCUT2D eigenvalue weighted by Gasteiger charge is -2.24. The normalized spacial score (nSPS) is 35.3. The van der Waals surface area contributed by atoms with Gasteiger partial charge >= 0.3 is 0 Å². The minimum atomic E-state index is -1.31. The molecule has 0 saturated carbocycles. The van der Waals surface area contributed by atoms with Crippen molar-refractivity contribution in [2.24, 2.45) is 11.8 Å². The van der Waals surface area contributed by atoms with Crippen molar-refractivity contribution in [1.29, 1.82) is 0 Å². The van der Waals surface area contributed by atoms with Gasteiger partial charge in [0.1, 0.15) is 11.4 Å². The van der Waals surface area contributed by atoms with Crippen LogP contribution in [0.3, 0.4) is 0 Å². The van der Waals surface area contributed by atoms with E-state index in [1.54, 1.807) is 12.2 Å². The second kappa shape index (κ2) is 4.30. The number of fused-ring (bicyclic) bond motifs is 1. The number of carboxylic acid groups (broad SMARTS) is 1. The summed E-state index contributed by atoms with van der Waals surface area (Å²) in [7, 11) is 0. The van der Waals surface area contributed by atoms with Gasteiger partial charge < -0.3 is 19.5 Å². The largest absolute Gasteiger partial charge is 0.550 e. The van der Waals surface area contributed by atoms with Crippen molar-refractivity contribution >= 4 is 29.2 Å². The molecule has 1 amide bonds. The van der Waals surface area contributed by atoms with Gasteiger partial charge in [-0.2, -0.15) is 0 Å². The van der Waals surface area contributed by atoms with Gasteiger partial charge in [-0.25, -0.2) is 4.39 Å². The summed E-state index contributed by atoms with van der Waals surface area (Å²) in [5.41, 5.74) is -0.643. The molecule has 0 N–H and O–H groups in total. The van der Waals surface area contributed by atoms with E-state index >= 15 is 0 Å². The number of anilines is 1. The van der Waals surface area contributed by atoms with Crippen LogP contribution >= 0.6 is 11.6 Å². The van der Waals surface area contributed by atoms with Gasteiger partial charge in [0.15, 0.2) is 0 Å². The lowest BCUT2D eigenvalue weighted by atomic mass is 9.77. The number of rotatable bonds is 2. The molecule has 7 heteroatoms. The molecule has 22 heavy (non-hydrogen) atoms. The molecule has 3 aliphatic heterocycles. The Kier molecular flexibility index (Phi) is 2.68. The maximum atomic E-state index is 13.6. The zero-order valence-electron chi connectivity index (χ0n) is 11.2. The first kappa shape index (κ1) is 13.7. The summed E-state index contributed by atoms with van der Waals surface area (Å²) >= 11 is 5.65. The summed E-state index contributed by atoms with van der Waals surface area (Å²) < 4.78 is 19.3. The van der Waals surface area contributed by atoms with Crippen LogP contribution in [0, 0.1) is 17.7 Å². The van der Waals surface area contributed by atoms with Crippen LogP contribution < -0.4 is 10.0 Å². The first-order valence-corrected chi connectivity index (χ1v) is 7.15. The second-order valence-corrected chi connectivity index (χ2v) is 6.15. The molecule has 3 aliphatic rings. The molecule has 1 aromatic rings. The fourth-order valence-electron chi connectivity index (χ4n) is 3.64. The minimum absolute atomic E-state index is 0.0431. The number of aliphatic carboxylic acids is 1. The zero-order chi connectivity index (χ0) is 15.6. The first-order chi connectivity index (χ1) is 10.4. The highest BCUT2D eigenvalue weighted by atomic mass is 35.5. The molecule has 3 heterocycles. The number of amides is 1. The summed E-state index contributed by atoms with van der Waals surface area (Å²) in [6, 6.07) is 4.03. The van der Waals surface area contributed by atoms with E-state index in [9.17, 15) is 19.1 Å². The Morgan fingerprint density at radius 1 is 1.50 bits per heavy atom. The number of hydrogen-bond acceptors (Lipinski definition) is 4. The molecule has 114 valence electrons. The van der Waals surface area contributed by atoms with Crippen LogP contribution in [0.15, 0.2) is 30.4 Å². The summed E-state index contributed by atoms with van der Waals surface area (Å²) in [5.74, 6) is -4.20. The lowest BCUT2D eigenvalue weighted by molar-refractivity contribution is -0.313. The number of benzene rings is 1. The van der Waals surface area contributed by atoms with E-state index in [1.165, 1.54) is 17.0 Å². The molecule has 1 spiro atoms. The number of nitrogens with zero attached hydrogens (tertiary/aromatic N) is 1. The van der Waals surface area contributed by atoms with Crippen LogP contribution in [0.1, 0.15) is 0 Å². The number of carboxylic acids is 1. The molecule has 1 aromatic carbocycles. The van der Waals surface area contributed by atoms with E-state index in [-0.39, 0.29) is 11.6 Å². The van der Waals surface area contributed by atoms with Crippen LogP contribution in [0.2, 0.25) is 5.02 Å². The molecule has 2 bridgehead atoms. The minimum Gasteiger partial charge on any atom is -0.550 e. The van der Waals surface area contributed by atoms with Gasteiger partial charge in [0.05, 0.1) is 23.6 Å². The second-order valence-electron chi connectivity index (χ2n) is 5.74. The van der Waals surface area contributed by atoms with Crippen LogP contribution in [0.4, 0.5) is 10.1 Å². The Hall–Kier alpha value is -1.92. The van der Waals surface area contributed by atoms with E-state index < -0.39 is 41.2 Å². The molecule has 4 rings (SSSR count). The molecular formula is C15H10ClFNO4-. The molecule has 0 radical (unpaired) electrons. The lowest BCUT2D eigenvalue weighted by Crippen LogP contribution is -2.45. The van der Waals surface area contributed by atoms with E-state index in [4.69, 9.17) is 16.3 Å². The van der Waals surface area contributed by atoms with Gasteiger partial charge in [-0.05, 0) is 18.2 Å². The van der Waals surface area contributed by atoms with Crippen molar-refractivity contribution in [3.8, 4) is 0 Å². The molecule has 4 atom stereocenters. The van der Waals surface area contributed by atoms with E-state index in [2.05, 4.69) is 0 Å². The summed E-state index contributed by atoms with van der Waals surface area (Å²) in [6.45, 7) is 0.147. The van der Waals surface area contributed by atoms with Crippen LogP contribution in [-0.4, -0.2) is 30.1 Å². The summed E-state index contributed by atoms with van der Waals surface area (Å²) in [5, 5.41) is 11.3. The SMILES string of the molecule is O=C([O-])[C@H]1[C@H]2C=C[C@]3(CN(c4ccc(Cl)c(F)c4)C(=O)[C@@H]13)O2. The highest BCUT2D eigenvalue weighted by Gasteiger charge is 2.65. The fourth-order valence-corrected chi connectivity index (χ4v) is 3.76. The Morgan fingerprint density at radius 2 is 2.27 bits per heavy atom. The van der Waals surface area contributed by atoms with Crippen LogP contribution in [-0.2, 0) is 14.3 Å². The van der Waals surface area contributed by atoms with Crippen molar-refractivity contribution in [2.75, 3.05) is 11.4 Å². The summed E-state index contributed by atoms with van der Waals surface area (Å²) in [6.07, 6.45) is 2.74. The smallest absolute Gasteiger partial charge is 0.234 e. The Labute approximate surface area is 129 Å². The zero-order valence-corrected chi connectivity index (χ0v) is 11.9. The number of hydrogen-bond donors (Lipinski definition) is 0. The van der Waals surface area contributed by atoms with Crippen LogP contribution in [0.5, 0.6) is 0 Å². The number of halogens is 2. The van der Waals surface area contributed by atoms with E-state index in [0.717, 1.165) is 6.07 Å². The van der Waals surface area contributed by atoms with Gasteiger partial charge in [0.25, 0.3) is 0 Å². The van der Waals surface area contributed by atoms with Crippen molar-refractivity contribution in [3.05, 3.63) is 41.2 Å². The summed E-state index contributed by atoms with van der Waals surface area (Å²) in [4.78, 5) is 25.3. The molecule has 0 aromatic heterocycles. The van der Waals surface area contributed by atoms with Gasteiger partial charge in [0.2, 0.25) is 5.91 Å². The number of ether oxygens (including phenoxy) is 1. The topological polar surface area (TPSA) is 69.7 Å². The van der Waals surface area contributed by atoms with Crippen molar-refractivity contribution < 1.29 is 23.8 Å². The van der Waals surface area contributed by atoms with E-state index in [1.807, 2.05) is 0 Å². The van der Waals surface area contributed by atoms with E-state index in [0.29, 0.717) is 5.69 Å². The maximum Gasteiger partial charge on any atom is 0.234 e. The quantitative estimate of drug-likeness (QED) is 0.744. The Morgan fingerprint density at radius 3 is 2.95 bits per heavy atom. The molecule has 2 saturated heterocycles. The highest BCUT2D eigenvalue weighted by molar-refractivity contribution is 6.30. The van der Waals surface area contributed by atoms with Crippen molar-refractivity contribution in [3.63, 3.8) is 0 Å². The van der Waals surface area contributed by atoms with Gasteiger partial charge in [-0.15, -0.1) is 0 Å². The average Bonchev–Trinajstić information content (AvgIpc) is 3.10. The predicted octanol–water partition coefficient (Wildman–Crippen LogP) is 0.515. The predicted molar refractivity (Wildman–Crippen MR) is 72.5 cm³/mol. The molecule has 2 fully saturated rings. The van der Waals surface area contributed by atoms with Gasteiger partial charge in [0, 0.05) is 17.6 Å². The average molecular weight is 323 g/mol. The van der Waals surface area contributed by atoms with Gasteiger partial charge in [-0.3, -0.25) is 4.79 Å². The third-order valence-electron chi connectivity index (χ3n) is 4.59. The number of carbonyl (C=O) groups is 2. The molecular weight excluding hydrogens is 313 g/mol. The molecule has 5 nitrogen and oxygen atoms in total.